The predicted molar refractivity (Wildman–Crippen MR) is 87.5 cm³/mol. The number of nitrogens with zero attached hydrogens (tertiary/aromatic N) is 5. The Morgan fingerprint density at radius 1 is 1.13 bits per heavy atom. The summed E-state index contributed by atoms with van der Waals surface area (Å²) in [6, 6.07) is 1.86. The van der Waals surface area contributed by atoms with E-state index in [1.165, 1.54) is 12.8 Å². The van der Waals surface area contributed by atoms with E-state index < -0.39 is 0 Å². The molecule has 2 aromatic rings. The van der Waals surface area contributed by atoms with E-state index in [9.17, 15) is 0 Å². The van der Waals surface area contributed by atoms with E-state index in [2.05, 4.69) is 20.0 Å². The molecule has 2 aliphatic heterocycles. The maximum absolute atomic E-state index is 6.31. The highest BCUT2D eigenvalue weighted by atomic mass is 16.5. The summed E-state index contributed by atoms with van der Waals surface area (Å²) in [5, 5.41) is 4.21. The van der Waals surface area contributed by atoms with Gasteiger partial charge in [0.05, 0.1) is 6.10 Å². The van der Waals surface area contributed by atoms with Gasteiger partial charge in [0.1, 0.15) is 12.0 Å². The number of aromatic nitrogens is 4. The molecule has 0 radical (unpaired) electrons. The van der Waals surface area contributed by atoms with Gasteiger partial charge >= 0.3 is 0 Å². The van der Waals surface area contributed by atoms with Crippen molar-refractivity contribution in [3.8, 4) is 5.82 Å². The van der Waals surface area contributed by atoms with Crippen LogP contribution in [0.5, 0.6) is 0 Å². The van der Waals surface area contributed by atoms with Gasteiger partial charge in [-0.3, -0.25) is 0 Å². The lowest BCUT2D eigenvalue weighted by Gasteiger charge is -2.35. The smallest absolute Gasteiger partial charge is 0.181 e. The van der Waals surface area contributed by atoms with Crippen LogP contribution in [0.15, 0.2) is 24.8 Å². The number of hydrogen-bond donors (Lipinski definition) is 1. The minimum Gasteiger partial charge on any atom is -0.393 e. The number of nitrogens with two attached hydrogens (primary N) is 1. The van der Waals surface area contributed by atoms with Crippen LogP contribution in [0, 0.1) is 5.92 Å². The van der Waals surface area contributed by atoms with Crippen LogP contribution in [0.1, 0.15) is 25.7 Å². The van der Waals surface area contributed by atoms with Gasteiger partial charge in [0.25, 0.3) is 0 Å². The lowest BCUT2D eigenvalue weighted by molar-refractivity contribution is 0.0531. The van der Waals surface area contributed by atoms with Crippen molar-refractivity contribution in [3.05, 3.63) is 24.8 Å². The zero-order valence-corrected chi connectivity index (χ0v) is 13.1. The van der Waals surface area contributed by atoms with Crippen molar-refractivity contribution in [2.75, 3.05) is 30.3 Å². The number of hydrogen-bond acceptors (Lipinski definition) is 6. The molecule has 0 aromatic carbocycles. The zero-order valence-electron chi connectivity index (χ0n) is 13.1. The van der Waals surface area contributed by atoms with Crippen LogP contribution in [0.4, 0.5) is 11.5 Å². The Morgan fingerprint density at radius 2 is 1.96 bits per heavy atom. The Kier molecular flexibility index (Phi) is 3.87. The van der Waals surface area contributed by atoms with Crippen molar-refractivity contribution in [3.63, 3.8) is 0 Å². The standard InChI is InChI=1S/C16H22N6O/c17-14-15(18-11-19-16(14)22-7-2-6-20-22)21-8-4-12(5-9-21)13-3-1-10-23-13/h2,6-7,11-13H,1,3-5,8-10,17H2. The number of nitrogen functional groups attached to an aromatic ring is 1. The Bertz CT molecular complexity index is 645. The average molecular weight is 314 g/mol. The number of rotatable bonds is 3. The van der Waals surface area contributed by atoms with Crippen LogP contribution in [-0.4, -0.2) is 45.5 Å². The molecule has 1 atom stereocenters. The van der Waals surface area contributed by atoms with Gasteiger partial charge in [-0.25, -0.2) is 14.6 Å². The summed E-state index contributed by atoms with van der Waals surface area (Å²) in [6.45, 7) is 2.85. The fraction of sp³-hybridized carbons (Fsp3) is 0.562. The van der Waals surface area contributed by atoms with Gasteiger partial charge in [-0.05, 0) is 37.7 Å². The third-order valence-corrected chi connectivity index (χ3v) is 4.89. The summed E-state index contributed by atoms with van der Waals surface area (Å²) in [4.78, 5) is 10.9. The first-order chi connectivity index (χ1) is 11.3. The molecule has 0 saturated carbocycles. The van der Waals surface area contributed by atoms with E-state index in [1.807, 2.05) is 12.3 Å². The van der Waals surface area contributed by atoms with E-state index in [1.54, 1.807) is 17.2 Å². The van der Waals surface area contributed by atoms with Gasteiger partial charge in [0, 0.05) is 32.1 Å². The number of anilines is 2. The van der Waals surface area contributed by atoms with E-state index in [4.69, 9.17) is 10.5 Å². The summed E-state index contributed by atoms with van der Waals surface area (Å²) >= 11 is 0. The van der Waals surface area contributed by atoms with Gasteiger partial charge < -0.3 is 15.4 Å². The average Bonchev–Trinajstić information content (AvgIpc) is 3.29. The largest absolute Gasteiger partial charge is 0.393 e. The molecule has 0 aliphatic carbocycles. The van der Waals surface area contributed by atoms with Gasteiger partial charge in [0.2, 0.25) is 0 Å². The van der Waals surface area contributed by atoms with Crippen LogP contribution in [-0.2, 0) is 4.74 Å². The Labute approximate surface area is 135 Å². The summed E-state index contributed by atoms with van der Waals surface area (Å²) < 4.78 is 7.52. The van der Waals surface area contributed by atoms with Crippen molar-refractivity contribution in [1.82, 2.24) is 19.7 Å². The SMILES string of the molecule is Nc1c(N2CCC(C3CCCO3)CC2)ncnc1-n1cccn1. The molecule has 1 unspecified atom stereocenters. The maximum Gasteiger partial charge on any atom is 0.181 e. The van der Waals surface area contributed by atoms with Crippen molar-refractivity contribution < 1.29 is 4.74 Å². The van der Waals surface area contributed by atoms with Gasteiger partial charge in [-0.1, -0.05) is 0 Å². The third-order valence-electron chi connectivity index (χ3n) is 4.89. The second-order valence-corrected chi connectivity index (χ2v) is 6.26. The van der Waals surface area contributed by atoms with Gasteiger partial charge in [-0.15, -0.1) is 0 Å². The Balaban J connectivity index is 1.50. The predicted octanol–water partition coefficient (Wildman–Crippen LogP) is 1.64. The fourth-order valence-electron chi connectivity index (χ4n) is 3.66. The van der Waals surface area contributed by atoms with Crippen molar-refractivity contribution in [2.24, 2.45) is 5.92 Å². The van der Waals surface area contributed by atoms with Crippen LogP contribution in [0.3, 0.4) is 0 Å². The Morgan fingerprint density at radius 3 is 2.65 bits per heavy atom. The minimum absolute atomic E-state index is 0.458. The molecule has 7 nitrogen and oxygen atoms in total. The quantitative estimate of drug-likeness (QED) is 0.927. The van der Waals surface area contributed by atoms with Gasteiger partial charge in [0.15, 0.2) is 11.6 Å². The molecule has 2 aromatic heterocycles. The molecule has 4 heterocycles. The first-order valence-corrected chi connectivity index (χ1v) is 8.30. The molecular formula is C16H22N6O. The monoisotopic (exact) mass is 314 g/mol. The molecule has 4 rings (SSSR count). The molecule has 7 heteroatoms. The Hall–Kier alpha value is -2.15. The second-order valence-electron chi connectivity index (χ2n) is 6.26. The molecule has 2 N–H and O–H groups in total. The molecule has 2 saturated heterocycles. The molecule has 122 valence electrons. The third kappa shape index (κ3) is 2.76. The fourth-order valence-corrected chi connectivity index (χ4v) is 3.66. The van der Waals surface area contributed by atoms with E-state index in [0.717, 1.165) is 38.4 Å². The maximum atomic E-state index is 6.31. The van der Waals surface area contributed by atoms with Crippen molar-refractivity contribution >= 4 is 11.5 Å². The number of piperidine rings is 1. The highest BCUT2D eigenvalue weighted by Crippen LogP contribution is 2.32. The minimum atomic E-state index is 0.458. The summed E-state index contributed by atoms with van der Waals surface area (Å²) in [5.41, 5.74) is 6.90. The molecule has 2 aliphatic rings. The van der Waals surface area contributed by atoms with E-state index in [-0.39, 0.29) is 0 Å². The van der Waals surface area contributed by atoms with Crippen LogP contribution >= 0.6 is 0 Å². The highest BCUT2D eigenvalue weighted by molar-refractivity contribution is 5.70. The van der Waals surface area contributed by atoms with E-state index >= 15 is 0 Å². The topological polar surface area (TPSA) is 82.1 Å². The number of ether oxygens (including phenoxy) is 1. The zero-order chi connectivity index (χ0) is 15.6. The summed E-state index contributed by atoms with van der Waals surface area (Å²) in [6.07, 6.45) is 10.3. The molecule has 0 spiro atoms. The summed E-state index contributed by atoms with van der Waals surface area (Å²) in [5.74, 6) is 2.12. The van der Waals surface area contributed by atoms with E-state index in [0.29, 0.717) is 23.5 Å². The molecule has 23 heavy (non-hydrogen) atoms. The van der Waals surface area contributed by atoms with Crippen molar-refractivity contribution in [1.29, 1.82) is 0 Å². The van der Waals surface area contributed by atoms with Gasteiger partial charge in [-0.2, -0.15) is 5.10 Å². The molecule has 0 bridgehead atoms. The normalized spacial score (nSPS) is 22.6. The molecular weight excluding hydrogens is 292 g/mol. The highest BCUT2D eigenvalue weighted by Gasteiger charge is 2.30. The van der Waals surface area contributed by atoms with Crippen LogP contribution in [0.2, 0.25) is 0 Å². The lowest BCUT2D eigenvalue weighted by Crippen LogP contribution is -2.38. The summed E-state index contributed by atoms with van der Waals surface area (Å²) in [7, 11) is 0. The lowest BCUT2D eigenvalue weighted by atomic mass is 9.90. The first kappa shape index (κ1) is 14.4. The van der Waals surface area contributed by atoms with Crippen LogP contribution in [0.25, 0.3) is 5.82 Å². The van der Waals surface area contributed by atoms with Crippen LogP contribution < -0.4 is 10.6 Å². The molecule has 0 amide bonds. The second kappa shape index (κ2) is 6.16. The molecule has 2 fully saturated rings. The first-order valence-electron chi connectivity index (χ1n) is 8.30. The van der Waals surface area contributed by atoms with Crippen molar-refractivity contribution in [2.45, 2.75) is 31.8 Å².